The van der Waals surface area contributed by atoms with Crippen LogP contribution in [0.1, 0.15) is 11.4 Å². The minimum atomic E-state index is 0.556. The van der Waals surface area contributed by atoms with Crippen molar-refractivity contribution in [2.75, 3.05) is 0 Å². The monoisotopic (exact) mass is 312 g/mol. The van der Waals surface area contributed by atoms with E-state index in [9.17, 15) is 0 Å². The SMILES string of the molecule is c1ccc(Cc2noc(-c3ccc(-c4ccccc4)cc3)n2)cc1. The Kier molecular flexibility index (Phi) is 3.90. The molecule has 1 aromatic heterocycles. The van der Waals surface area contributed by atoms with Gasteiger partial charge >= 0.3 is 0 Å². The Labute approximate surface area is 140 Å². The fraction of sp³-hybridized carbons (Fsp3) is 0.0476. The lowest BCUT2D eigenvalue weighted by atomic mass is 10.0. The highest BCUT2D eigenvalue weighted by molar-refractivity contribution is 5.67. The summed E-state index contributed by atoms with van der Waals surface area (Å²) < 4.78 is 5.41. The Hall–Kier alpha value is -3.20. The first-order chi connectivity index (χ1) is 11.9. The van der Waals surface area contributed by atoms with Crippen LogP contribution in [0.3, 0.4) is 0 Å². The Morgan fingerprint density at radius 2 is 1.21 bits per heavy atom. The summed E-state index contributed by atoms with van der Waals surface area (Å²) >= 11 is 0. The van der Waals surface area contributed by atoms with E-state index in [1.807, 2.05) is 48.5 Å². The average Bonchev–Trinajstić information content (AvgIpc) is 3.12. The first kappa shape index (κ1) is 14.4. The van der Waals surface area contributed by atoms with E-state index in [1.54, 1.807) is 0 Å². The van der Waals surface area contributed by atoms with Crippen molar-refractivity contribution < 1.29 is 4.52 Å². The van der Waals surface area contributed by atoms with Crippen molar-refractivity contribution in [3.05, 3.63) is 96.3 Å². The lowest BCUT2D eigenvalue weighted by Crippen LogP contribution is -1.90. The topological polar surface area (TPSA) is 38.9 Å². The van der Waals surface area contributed by atoms with Crippen molar-refractivity contribution in [2.24, 2.45) is 0 Å². The van der Waals surface area contributed by atoms with Gasteiger partial charge in [0.2, 0.25) is 0 Å². The molecule has 0 radical (unpaired) electrons. The highest BCUT2D eigenvalue weighted by atomic mass is 16.5. The summed E-state index contributed by atoms with van der Waals surface area (Å²) in [5.41, 5.74) is 4.47. The van der Waals surface area contributed by atoms with Gasteiger partial charge in [-0.2, -0.15) is 4.98 Å². The van der Waals surface area contributed by atoms with Crippen LogP contribution in [-0.2, 0) is 6.42 Å². The number of aromatic nitrogens is 2. The second-order valence-electron chi connectivity index (χ2n) is 5.62. The van der Waals surface area contributed by atoms with E-state index in [4.69, 9.17) is 4.52 Å². The van der Waals surface area contributed by atoms with E-state index in [2.05, 4.69) is 46.5 Å². The van der Waals surface area contributed by atoms with Crippen LogP contribution in [0.25, 0.3) is 22.6 Å². The molecule has 0 spiro atoms. The molecule has 0 atom stereocenters. The second kappa shape index (κ2) is 6.50. The van der Waals surface area contributed by atoms with Gasteiger partial charge in [-0.25, -0.2) is 0 Å². The Morgan fingerprint density at radius 3 is 1.92 bits per heavy atom. The third-order valence-electron chi connectivity index (χ3n) is 3.91. The van der Waals surface area contributed by atoms with Gasteiger partial charge < -0.3 is 4.52 Å². The van der Waals surface area contributed by atoms with Crippen LogP contribution < -0.4 is 0 Å². The van der Waals surface area contributed by atoms with Crippen LogP contribution in [0.5, 0.6) is 0 Å². The highest BCUT2D eigenvalue weighted by Gasteiger charge is 2.09. The van der Waals surface area contributed by atoms with Crippen LogP contribution in [0.15, 0.2) is 89.5 Å². The fourth-order valence-corrected chi connectivity index (χ4v) is 2.66. The molecular formula is C21H16N2O. The first-order valence-electron chi connectivity index (χ1n) is 7.91. The molecule has 0 fully saturated rings. The zero-order valence-electron chi connectivity index (χ0n) is 13.1. The molecule has 3 heteroatoms. The van der Waals surface area contributed by atoms with Gasteiger partial charge in [0.1, 0.15) is 0 Å². The summed E-state index contributed by atoms with van der Waals surface area (Å²) in [6, 6.07) is 28.6. The molecule has 0 saturated carbocycles. The van der Waals surface area contributed by atoms with Gasteiger partial charge in [-0.1, -0.05) is 78.0 Å². The van der Waals surface area contributed by atoms with Crippen LogP contribution in [0, 0.1) is 0 Å². The normalized spacial score (nSPS) is 10.7. The maximum absolute atomic E-state index is 5.41. The van der Waals surface area contributed by atoms with Gasteiger partial charge in [0.25, 0.3) is 5.89 Å². The minimum absolute atomic E-state index is 0.556. The maximum atomic E-state index is 5.41. The molecule has 0 aliphatic rings. The van der Waals surface area contributed by atoms with Crippen molar-refractivity contribution in [2.45, 2.75) is 6.42 Å². The Bertz CT molecular complexity index is 913. The van der Waals surface area contributed by atoms with Crippen molar-refractivity contribution >= 4 is 0 Å². The fourth-order valence-electron chi connectivity index (χ4n) is 2.66. The number of hydrogen-bond acceptors (Lipinski definition) is 3. The molecule has 3 aromatic carbocycles. The molecule has 0 unspecified atom stereocenters. The smallest absolute Gasteiger partial charge is 0.257 e. The predicted molar refractivity (Wildman–Crippen MR) is 94.4 cm³/mol. The highest BCUT2D eigenvalue weighted by Crippen LogP contribution is 2.24. The summed E-state index contributed by atoms with van der Waals surface area (Å²) in [6.45, 7) is 0. The molecule has 1 heterocycles. The maximum Gasteiger partial charge on any atom is 0.257 e. The number of benzene rings is 3. The zero-order valence-corrected chi connectivity index (χ0v) is 13.1. The Morgan fingerprint density at radius 1 is 0.625 bits per heavy atom. The summed E-state index contributed by atoms with van der Waals surface area (Å²) in [7, 11) is 0. The molecule has 116 valence electrons. The van der Waals surface area contributed by atoms with Gasteiger partial charge in [0, 0.05) is 12.0 Å². The molecule has 3 nitrogen and oxygen atoms in total. The van der Waals surface area contributed by atoms with Gasteiger partial charge in [-0.3, -0.25) is 0 Å². The van der Waals surface area contributed by atoms with Crippen LogP contribution in [0.2, 0.25) is 0 Å². The zero-order chi connectivity index (χ0) is 16.2. The molecular weight excluding hydrogens is 296 g/mol. The summed E-state index contributed by atoms with van der Waals surface area (Å²) in [4.78, 5) is 4.50. The van der Waals surface area contributed by atoms with Gasteiger partial charge in [0.15, 0.2) is 5.82 Å². The standard InChI is InChI=1S/C21H16N2O/c1-3-7-16(8-4-1)15-20-22-21(24-23-20)19-13-11-18(12-14-19)17-9-5-2-6-10-17/h1-14H,15H2. The van der Waals surface area contributed by atoms with E-state index in [0.717, 1.165) is 5.56 Å². The van der Waals surface area contributed by atoms with Crippen LogP contribution in [0.4, 0.5) is 0 Å². The summed E-state index contributed by atoms with van der Waals surface area (Å²) in [6.07, 6.45) is 0.673. The molecule has 0 saturated heterocycles. The molecule has 24 heavy (non-hydrogen) atoms. The molecule has 0 aliphatic carbocycles. The van der Waals surface area contributed by atoms with Crippen molar-refractivity contribution in [1.29, 1.82) is 0 Å². The molecule has 0 bridgehead atoms. The van der Waals surface area contributed by atoms with E-state index in [1.165, 1.54) is 16.7 Å². The molecule has 0 aliphatic heterocycles. The van der Waals surface area contributed by atoms with Gasteiger partial charge in [0.05, 0.1) is 0 Å². The quantitative estimate of drug-likeness (QED) is 0.532. The molecule has 4 rings (SSSR count). The third kappa shape index (κ3) is 3.10. The summed E-state index contributed by atoms with van der Waals surface area (Å²) in [5, 5.41) is 4.08. The molecule has 4 aromatic rings. The molecule has 0 N–H and O–H groups in total. The Balaban J connectivity index is 1.54. The number of hydrogen-bond donors (Lipinski definition) is 0. The van der Waals surface area contributed by atoms with Crippen molar-refractivity contribution in [3.63, 3.8) is 0 Å². The van der Waals surface area contributed by atoms with Crippen molar-refractivity contribution in [3.8, 4) is 22.6 Å². The van der Waals surface area contributed by atoms with Gasteiger partial charge in [-0.05, 0) is 28.8 Å². The van der Waals surface area contributed by atoms with Gasteiger partial charge in [-0.15, -0.1) is 0 Å². The van der Waals surface area contributed by atoms with E-state index < -0.39 is 0 Å². The molecule has 0 amide bonds. The van der Waals surface area contributed by atoms with E-state index >= 15 is 0 Å². The lowest BCUT2D eigenvalue weighted by molar-refractivity contribution is 0.424. The second-order valence-corrected chi connectivity index (χ2v) is 5.62. The van der Waals surface area contributed by atoms with E-state index in [-0.39, 0.29) is 0 Å². The number of nitrogens with zero attached hydrogens (tertiary/aromatic N) is 2. The summed E-state index contributed by atoms with van der Waals surface area (Å²) in [5.74, 6) is 1.25. The van der Waals surface area contributed by atoms with E-state index in [0.29, 0.717) is 18.1 Å². The van der Waals surface area contributed by atoms with Crippen molar-refractivity contribution in [1.82, 2.24) is 10.1 Å². The van der Waals surface area contributed by atoms with Crippen LogP contribution >= 0.6 is 0 Å². The lowest BCUT2D eigenvalue weighted by Gasteiger charge is -2.01. The minimum Gasteiger partial charge on any atom is -0.334 e. The number of rotatable bonds is 4. The predicted octanol–water partition coefficient (Wildman–Crippen LogP) is 4.99. The third-order valence-corrected chi connectivity index (χ3v) is 3.91. The van der Waals surface area contributed by atoms with Crippen LogP contribution in [-0.4, -0.2) is 10.1 Å². The average molecular weight is 312 g/mol. The largest absolute Gasteiger partial charge is 0.334 e. The first-order valence-corrected chi connectivity index (χ1v) is 7.91.